The van der Waals surface area contributed by atoms with E-state index in [0.29, 0.717) is 11.8 Å². The number of phenols is 1. The summed E-state index contributed by atoms with van der Waals surface area (Å²) in [4.78, 5) is 2.44. The molecule has 5 rings (SSSR count). The van der Waals surface area contributed by atoms with Crippen molar-refractivity contribution >= 4 is 0 Å². The molecule has 0 amide bonds. The SMILES string of the molecule is COC1=CC=C2[C@H]3Cc4ccc(O)c5c4[C@@]2(CCN3C)[C@H]1O5.[Fe]. The zero-order valence-electron chi connectivity index (χ0n) is 13.1. The Morgan fingerprint density at radius 3 is 2.96 bits per heavy atom. The normalized spacial score (nSPS) is 33.0. The largest absolute Gasteiger partial charge is 0.504 e. The second-order valence-corrected chi connectivity index (χ2v) is 6.76. The van der Waals surface area contributed by atoms with Gasteiger partial charge in [0.05, 0.1) is 12.5 Å². The number of phenolic OH excluding ortho intramolecular Hbond substituents is 1. The molecule has 1 fully saturated rings. The first-order valence-electron chi connectivity index (χ1n) is 7.85. The van der Waals surface area contributed by atoms with Crippen molar-refractivity contribution < 1.29 is 31.6 Å². The van der Waals surface area contributed by atoms with Gasteiger partial charge in [-0.3, -0.25) is 4.90 Å². The molecule has 1 spiro atoms. The van der Waals surface area contributed by atoms with Gasteiger partial charge in [-0.15, -0.1) is 0 Å². The summed E-state index contributed by atoms with van der Waals surface area (Å²) in [6.45, 7) is 1.04. The summed E-state index contributed by atoms with van der Waals surface area (Å²) < 4.78 is 11.8. The van der Waals surface area contributed by atoms with Gasteiger partial charge in [0.2, 0.25) is 0 Å². The molecule has 0 saturated carbocycles. The summed E-state index contributed by atoms with van der Waals surface area (Å²) in [5.41, 5.74) is 3.78. The number of allylic oxidation sites excluding steroid dienone is 2. The number of ether oxygens (including phenoxy) is 2. The molecule has 3 atom stereocenters. The van der Waals surface area contributed by atoms with Crippen LogP contribution in [0.15, 0.2) is 35.6 Å². The molecule has 0 radical (unpaired) electrons. The van der Waals surface area contributed by atoms with Crippen LogP contribution in [0.3, 0.4) is 0 Å². The van der Waals surface area contributed by atoms with Gasteiger partial charge in [-0.05, 0) is 49.7 Å². The number of methoxy groups -OCH3 is 1. The number of piperidine rings is 1. The Labute approximate surface area is 146 Å². The Morgan fingerprint density at radius 1 is 1.35 bits per heavy atom. The fourth-order valence-corrected chi connectivity index (χ4v) is 4.95. The minimum atomic E-state index is -0.154. The van der Waals surface area contributed by atoms with Gasteiger partial charge in [0.25, 0.3) is 0 Å². The van der Waals surface area contributed by atoms with Gasteiger partial charge in [-0.25, -0.2) is 0 Å². The number of nitrogens with zero attached hydrogens (tertiary/aromatic N) is 1. The molecule has 2 aliphatic heterocycles. The third-order valence-electron chi connectivity index (χ3n) is 5.95. The number of aromatic hydroxyl groups is 1. The van der Waals surface area contributed by atoms with E-state index in [-0.39, 0.29) is 34.3 Å². The summed E-state index contributed by atoms with van der Waals surface area (Å²) in [5, 5.41) is 10.3. The maximum absolute atomic E-state index is 10.3. The van der Waals surface area contributed by atoms with Crippen molar-refractivity contribution in [1.29, 1.82) is 0 Å². The van der Waals surface area contributed by atoms with Crippen LogP contribution in [0, 0.1) is 0 Å². The zero-order chi connectivity index (χ0) is 15.1. The number of benzene rings is 1. The van der Waals surface area contributed by atoms with Crippen LogP contribution in [0.5, 0.6) is 11.5 Å². The first-order chi connectivity index (χ1) is 10.7. The van der Waals surface area contributed by atoms with E-state index >= 15 is 0 Å². The van der Waals surface area contributed by atoms with Crippen LogP contribution in [-0.4, -0.2) is 42.9 Å². The van der Waals surface area contributed by atoms with Gasteiger partial charge in [0, 0.05) is 28.7 Å². The number of hydrogen-bond donors (Lipinski definition) is 1. The summed E-state index contributed by atoms with van der Waals surface area (Å²) >= 11 is 0. The van der Waals surface area contributed by atoms with Gasteiger partial charge < -0.3 is 14.6 Å². The first kappa shape index (κ1) is 15.1. The van der Waals surface area contributed by atoms with Gasteiger partial charge in [-0.1, -0.05) is 12.1 Å². The molecule has 122 valence electrons. The molecule has 1 aromatic rings. The second kappa shape index (κ2) is 4.79. The molecule has 2 bridgehead atoms. The van der Waals surface area contributed by atoms with E-state index in [9.17, 15) is 5.11 Å². The Hall–Kier alpha value is -1.42. The number of hydrogen-bond acceptors (Lipinski definition) is 4. The number of likely N-dealkylation sites (N-methyl/N-ethyl adjacent to an activating group) is 1. The molecule has 1 N–H and O–H groups in total. The van der Waals surface area contributed by atoms with Crippen LogP contribution >= 0.6 is 0 Å². The standard InChI is InChI=1S/C18H19NO3.Fe/c1-19-8-7-18-11-4-6-14(21-2)17(18)22-16-13(20)5-3-10(15(16)18)9-12(11)19;/h3-6,12,17,20H,7-9H2,1-2H3;/t12-,17+,18+;/m1./s1. The van der Waals surface area contributed by atoms with Crippen molar-refractivity contribution in [3.63, 3.8) is 0 Å². The Balaban J connectivity index is 0.00000135. The summed E-state index contributed by atoms with van der Waals surface area (Å²) in [6.07, 6.45) is 6.11. The predicted octanol–water partition coefficient (Wildman–Crippen LogP) is 2.12. The van der Waals surface area contributed by atoms with Crippen molar-refractivity contribution in [2.24, 2.45) is 0 Å². The van der Waals surface area contributed by atoms with E-state index < -0.39 is 0 Å². The minimum Gasteiger partial charge on any atom is -0.504 e. The number of likely N-dealkylation sites (tertiary alicyclic amines) is 1. The van der Waals surface area contributed by atoms with E-state index in [2.05, 4.69) is 24.1 Å². The maximum atomic E-state index is 10.3. The van der Waals surface area contributed by atoms with Crippen molar-refractivity contribution in [1.82, 2.24) is 4.90 Å². The molecule has 2 aliphatic carbocycles. The fourth-order valence-electron chi connectivity index (χ4n) is 4.95. The quantitative estimate of drug-likeness (QED) is 0.786. The van der Waals surface area contributed by atoms with E-state index in [0.717, 1.165) is 25.1 Å². The van der Waals surface area contributed by atoms with Crippen LogP contribution in [0.1, 0.15) is 17.5 Å². The van der Waals surface area contributed by atoms with Crippen molar-refractivity contribution in [2.45, 2.75) is 30.4 Å². The monoisotopic (exact) mass is 353 g/mol. The van der Waals surface area contributed by atoms with E-state index in [1.807, 2.05) is 6.08 Å². The molecular weight excluding hydrogens is 334 g/mol. The molecule has 23 heavy (non-hydrogen) atoms. The van der Waals surface area contributed by atoms with E-state index in [4.69, 9.17) is 9.47 Å². The smallest absolute Gasteiger partial charge is 0.169 e. The second-order valence-electron chi connectivity index (χ2n) is 6.76. The summed E-state index contributed by atoms with van der Waals surface area (Å²) in [5.74, 6) is 1.77. The van der Waals surface area contributed by atoms with Crippen LogP contribution < -0.4 is 4.74 Å². The van der Waals surface area contributed by atoms with Crippen LogP contribution in [-0.2, 0) is 33.6 Å². The van der Waals surface area contributed by atoms with Crippen LogP contribution in [0.25, 0.3) is 0 Å². The van der Waals surface area contributed by atoms with Crippen molar-refractivity contribution in [3.05, 3.63) is 46.7 Å². The summed E-state index contributed by atoms with van der Waals surface area (Å²) in [6, 6.07) is 4.25. The maximum Gasteiger partial charge on any atom is 0.169 e. The minimum absolute atomic E-state index is 0. The Kier molecular flexibility index (Phi) is 3.15. The molecule has 2 heterocycles. The third kappa shape index (κ3) is 1.60. The predicted molar refractivity (Wildman–Crippen MR) is 82.1 cm³/mol. The average molecular weight is 353 g/mol. The molecule has 1 saturated heterocycles. The zero-order valence-corrected chi connectivity index (χ0v) is 14.3. The van der Waals surface area contributed by atoms with Crippen LogP contribution in [0.2, 0.25) is 0 Å². The Morgan fingerprint density at radius 2 is 2.17 bits per heavy atom. The summed E-state index contributed by atoms with van der Waals surface area (Å²) in [7, 11) is 3.90. The number of rotatable bonds is 1. The molecule has 5 heteroatoms. The molecule has 0 unspecified atom stereocenters. The van der Waals surface area contributed by atoms with Crippen molar-refractivity contribution in [2.75, 3.05) is 20.7 Å². The van der Waals surface area contributed by atoms with E-state index in [1.54, 1.807) is 13.2 Å². The average Bonchev–Trinajstić information content (AvgIpc) is 2.88. The molecule has 4 nitrogen and oxygen atoms in total. The van der Waals surface area contributed by atoms with Gasteiger partial charge in [0.1, 0.15) is 5.76 Å². The Bertz CT molecular complexity index is 757. The van der Waals surface area contributed by atoms with Gasteiger partial charge >= 0.3 is 0 Å². The van der Waals surface area contributed by atoms with Crippen molar-refractivity contribution in [3.8, 4) is 11.5 Å². The van der Waals surface area contributed by atoms with Gasteiger partial charge in [-0.2, -0.15) is 0 Å². The molecule has 4 aliphatic rings. The van der Waals surface area contributed by atoms with Gasteiger partial charge in [0.15, 0.2) is 17.6 Å². The topological polar surface area (TPSA) is 41.9 Å². The molecular formula is C18H19FeNO3. The van der Waals surface area contributed by atoms with E-state index in [1.165, 1.54) is 16.7 Å². The van der Waals surface area contributed by atoms with Crippen LogP contribution in [0.4, 0.5) is 0 Å². The molecule has 1 aromatic carbocycles. The third-order valence-corrected chi connectivity index (χ3v) is 5.95. The molecule has 0 aromatic heterocycles. The first-order valence-corrected chi connectivity index (χ1v) is 7.85. The fraction of sp³-hybridized carbons (Fsp3) is 0.444.